The van der Waals surface area contributed by atoms with Gasteiger partial charge in [0.05, 0.1) is 25.9 Å². The predicted molar refractivity (Wildman–Crippen MR) is 71.6 cm³/mol. The first-order valence-corrected chi connectivity index (χ1v) is 6.77. The van der Waals surface area contributed by atoms with E-state index < -0.39 is 5.54 Å². The lowest BCUT2D eigenvalue weighted by Gasteiger charge is -2.57. The van der Waals surface area contributed by atoms with E-state index in [0.29, 0.717) is 26.2 Å². The van der Waals surface area contributed by atoms with Gasteiger partial charge in [0.25, 0.3) is 0 Å². The molecule has 0 aromatic carbocycles. The minimum atomic E-state index is -0.885. The lowest BCUT2D eigenvalue weighted by atomic mass is 9.54. The van der Waals surface area contributed by atoms with Crippen LogP contribution in [0, 0.1) is 5.41 Å². The van der Waals surface area contributed by atoms with E-state index in [2.05, 4.69) is 5.32 Å². The summed E-state index contributed by atoms with van der Waals surface area (Å²) in [7, 11) is 0. The Labute approximate surface area is 114 Å². The molecule has 1 aliphatic carbocycles. The van der Waals surface area contributed by atoms with Gasteiger partial charge in [-0.25, -0.2) is 0 Å². The molecule has 1 amide bonds. The first-order chi connectivity index (χ1) is 8.90. The van der Waals surface area contributed by atoms with Crippen LogP contribution in [0.4, 0.5) is 0 Å². The molecule has 6 nitrogen and oxygen atoms in total. The summed E-state index contributed by atoms with van der Waals surface area (Å²) >= 11 is 0. The van der Waals surface area contributed by atoms with E-state index in [-0.39, 0.29) is 30.6 Å². The fourth-order valence-corrected chi connectivity index (χ4v) is 2.38. The molecule has 1 rings (SSSR count). The lowest BCUT2D eigenvalue weighted by Crippen LogP contribution is -2.75. The van der Waals surface area contributed by atoms with E-state index in [1.165, 1.54) is 0 Å². The molecule has 0 aromatic rings. The zero-order chi connectivity index (χ0) is 14.5. The van der Waals surface area contributed by atoms with Crippen molar-refractivity contribution in [2.45, 2.75) is 38.8 Å². The largest absolute Gasteiger partial charge is 0.394 e. The highest BCUT2D eigenvalue weighted by Crippen LogP contribution is 2.49. The predicted octanol–water partition coefficient (Wildman–Crippen LogP) is -0.356. The smallest absolute Gasteiger partial charge is 0.240 e. The molecule has 112 valence electrons. The van der Waals surface area contributed by atoms with Crippen LogP contribution in [0.5, 0.6) is 0 Å². The quantitative estimate of drug-likeness (QED) is 0.526. The van der Waals surface area contributed by atoms with E-state index in [0.717, 1.165) is 0 Å². The molecule has 0 spiro atoms. The van der Waals surface area contributed by atoms with Gasteiger partial charge in [-0.15, -0.1) is 0 Å². The number of ether oxygens (including phenoxy) is 2. The van der Waals surface area contributed by atoms with Crippen LogP contribution >= 0.6 is 0 Å². The van der Waals surface area contributed by atoms with Crippen LogP contribution in [0.15, 0.2) is 0 Å². The van der Waals surface area contributed by atoms with Gasteiger partial charge in [-0.1, -0.05) is 13.8 Å². The van der Waals surface area contributed by atoms with E-state index in [9.17, 15) is 4.79 Å². The van der Waals surface area contributed by atoms with Crippen LogP contribution in [-0.4, -0.2) is 55.6 Å². The summed E-state index contributed by atoms with van der Waals surface area (Å²) in [4.78, 5) is 12.1. The van der Waals surface area contributed by atoms with E-state index in [1.54, 1.807) is 0 Å². The number of nitrogens with one attached hydrogen (secondary N) is 1. The molecular weight excluding hydrogens is 248 g/mol. The second-order valence-corrected chi connectivity index (χ2v) is 5.43. The van der Waals surface area contributed by atoms with Crippen molar-refractivity contribution < 1.29 is 19.4 Å². The zero-order valence-electron chi connectivity index (χ0n) is 12.1. The van der Waals surface area contributed by atoms with Gasteiger partial charge in [0.2, 0.25) is 5.91 Å². The average Bonchev–Trinajstić information content (AvgIpc) is 2.37. The second kappa shape index (κ2) is 6.65. The van der Waals surface area contributed by atoms with Crippen molar-refractivity contribution in [1.82, 2.24) is 5.32 Å². The van der Waals surface area contributed by atoms with Crippen molar-refractivity contribution in [1.29, 1.82) is 0 Å². The van der Waals surface area contributed by atoms with Crippen molar-refractivity contribution >= 4 is 5.91 Å². The van der Waals surface area contributed by atoms with Crippen LogP contribution < -0.4 is 11.1 Å². The Morgan fingerprint density at radius 3 is 2.68 bits per heavy atom. The first-order valence-electron chi connectivity index (χ1n) is 6.77. The third-order valence-corrected chi connectivity index (χ3v) is 4.00. The summed E-state index contributed by atoms with van der Waals surface area (Å²) in [6.07, 6.45) is 0.566. The molecule has 0 saturated heterocycles. The average molecular weight is 274 g/mol. The number of aliphatic hydroxyl groups is 1. The summed E-state index contributed by atoms with van der Waals surface area (Å²) in [6.45, 7) is 7.51. The minimum Gasteiger partial charge on any atom is -0.394 e. The SMILES string of the molecule is CCOC1CC(N)(C(=O)NCCOCCO)C1(C)C. The molecule has 4 N–H and O–H groups in total. The topological polar surface area (TPSA) is 93.8 Å². The van der Waals surface area contributed by atoms with Gasteiger partial charge in [-0.3, -0.25) is 4.79 Å². The van der Waals surface area contributed by atoms with Gasteiger partial charge in [0.15, 0.2) is 0 Å². The number of amides is 1. The Morgan fingerprint density at radius 1 is 1.47 bits per heavy atom. The summed E-state index contributed by atoms with van der Waals surface area (Å²) in [5, 5.41) is 11.3. The zero-order valence-corrected chi connectivity index (χ0v) is 12.1. The van der Waals surface area contributed by atoms with Crippen molar-refractivity contribution in [3.63, 3.8) is 0 Å². The summed E-state index contributed by atoms with van der Waals surface area (Å²) in [6, 6.07) is 0. The number of carbonyl (C=O) groups is 1. The Balaban J connectivity index is 2.40. The minimum absolute atomic E-state index is 0.0160. The van der Waals surface area contributed by atoms with Gasteiger partial charge in [0, 0.05) is 25.0 Å². The molecule has 1 saturated carbocycles. The number of carbonyl (C=O) groups excluding carboxylic acids is 1. The monoisotopic (exact) mass is 274 g/mol. The van der Waals surface area contributed by atoms with Crippen molar-refractivity contribution in [2.75, 3.05) is 33.0 Å². The van der Waals surface area contributed by atoms with E-state index in [1.807, 2.05) is 20.8 Å². The number of aliphatic hydroxyl groups excluding tert-OH is 1. The van der Waals surface area contributed by atoms with Crippen molar-refractivity contribution in [3.05, 3.63) is 0 Å². The fourth-order valence-electron chi connectivity index (χ4n) is 2.38. The molecule has 2 unspecified atom stereocenters. The molecule has 0 heterocycles. The molecule has 1 aliphatic rings. The van der Waals surface area contributed by atoms with Crippen LogP contribution in [0.2, 0.25) is 0 Å². The highest BCUT2D eigenvalue weighted by Gasteiger charge is 2.62. The van der Waals surface area contributed by atoms with E-state index in [4.69, 9.17) is 20.3 Å². The Morgan fingerprint density at radius 2 is 2.16 bits per heavy atom. The third kappa shape index (κ3) is 3.25. The molecule has 0 bridgehead atoms. The molecule has 0 aliphatic heterocycles. The molecule has 19 heavy (non-hydrogen) atoms. The standard InChI is InChI=1S/C13H26N2O4/c1-4-19-10-9-13(14,12(10,2)3)11(17)15-5-7-18-8-6-16/h10,16H,4-9,14H2,1-3H3,(H,15,17). The van der Waals surface area contributed by atoms with Crippen LogP contribution in [0.25, 0.3) is 0 Å². The lowest BCUT2D eigenvalue weighted by molar-refractivity contribution is -0.170. The van der Waals surface area contributed by atoms with Crippen LogP contribution in [0.3, 0.4) is 0 Å². The van der Waals surface area contributed by atoms with Crippen molar-refractivity contribution in [3.8, 4) is 0 Å². The highest BCUT2D eigenvalue weighted by molar-refractivity contribution is 5.88. The molecule has 2 atom stereocenters. The maximum absolute atomic E-state index is 12.1. The summed E-state index contributed by atoms with van der Waals surface area (Å²) < 4.78 is 10.7. The Bertz CT molecular complexity index is 309. The van der Waals surface area contributed by atoms with Gasteiger partial charge >= 0.3 is 0 Å². The fraction of sp³-hybridized carbons (Fsp3) is 0.923. The van der Waals surface area contributed by atoms with Crippen LogP contribution in [0.1, 0.15) is 27.2 Å². The maximum atomic E-state index is 12.1. The Hall–Kier alpha value is -0.690. The normalized spacial score (nSPS) is 28.8. The van der Waals surface area contributed by atoms with Gasteiger partial charge in [-0.05, 0) is 6.92 Å². The molecule has 0 radical (unpaired) electrons. The highest BCUT2D eigenvalue weighted by atomic mass is 16.5. The van der Waals surface area contributed by atoms with Gasteiger partial charge < -0.3 is 25.6 Å². The summed E-state index contributed by atoms with van der Waals surface area (Å²) in [5.41, 5.74) is 4.95. The first kappa shape index (κ1) is 16.4. The number of nitrogens with two attached hydrogens (primary N) is 1. The number of hydrogen-bond donors (Lipinski definition) is 3. The maximum Gasteiger partial charge on any atom is 0.240 e. The number of rotatable bonds is 8. The van der Waals surface area contributed by atoms with Gasteiger partial charge in [0.1, 0.15) is 5.54 Å². The summed E-state index contributed by atoms with van der Waals surface area (Å²) in [5.74, 6) is -0.166. The van der Waals surface area contributed by atoms with E-state index >= 15 is 0 Å². The van der Waals surface area contributed by atoms with Gasteiger partial charge in [-0.2, -0.15) is 0 Å². The molecular formula is C13H26N2O4. The molecule has 1 fully saturated rings. The Kier molecular flexibility index (Phi) is 5.73. The van der Waals surface area contributed by atoms with Crippen molar-refractivity contribution in [2.24, 2.45) is 11.1 Å². The molecule has 6 heteroatoms. The van der Waals surface area contributed by atoms with Crippen LogP contribution in [-0.2, 0) is 14.3 Å². The molecule has 0 aromatic heterocycles. The number of hydrogen-bond acceptors (Lipinski definition) is 5. The second-order valence-electron chi connectivity index (χ2n) is 5.43. The third-order valence-electron chi connectivity index (χ3n) is 4.00.